The fraction of sp³-hybridized carbons (Fsp3) is 0.600. The zero-order valence-corrected chi connectivity index (χ0v) is 12.7. The Morgan fingerprint density at radius 3 is 2.52 bits per heavy atom. The van der Waals surface area contributed by atoms with Crippen LogP contribution in [0.3, 0.4) is 0 Å². The predicted molar refractivity (Wildman–Crippen MR) is 81.7 cm³/mol. The average Bonchev–Trinajstić information content (AvgIpc) is 2.45. The summed E-state index contributed by atoms with van der Waals surface area (Å²) in [7, 11) is 0. The van der Waals surface area contributed by atoms with Crippen LogP contribution < -0.4 is 10.1 Å². The van der Waals surface area contributed by atoms with Gasteiger partial charge < -0.3 is 14.8 Å². The summed E-state index contributed by atoms with van der Waals surface area (Å²) >= 11 is 0. The number of nitro groups is 1. The van der Waals surface area contributed by atoms with Crippen molar-refractivity contribution in [3.8, 4) is 5.75 Å². The molecule has 21 heavy (non-hydrogen) atoms. The molecule has 0 amide bonds. The number of rotatable bonds is 11. The van der Waals surface area contributed by atoms with E-state index in [4.69, 9.17) is 9.47 Å². The number of nitrogens with one attached hydrogen (secondary N) is 1. The van der Waals surface area contributed by atoms with Crippen molar-refractivity contribution in [3.63, 3.8) is 0 Å². The summed E-state index contributed by atoms with van der Waals surface area (Å²) in [6, 6.07) is 6.10. The minimum Gasteiger partial charge on any atom is -0.492 e. The molecule has 6 heteroatoms. The molecule has 0 bridgehead atoms. The van der Waals surface area contributed by atoms with Gasteiger partial charge in [0.05, 0.1) is 4.92 Å². The molecule has 0 aliphatic heterocycles. The van der Waals surface area contributed by atoms with Crippen LogP contribution in [0.15, 0.2) is 24.3 Å². The smallest absolute Gasteiger partial charge is 0.269 e. The third-order valence-electron chi connectivity index (χ3n) is 2.69. The summed E-state index contributed by atoms with van der Waals surface area (Å²) in [6.07, 6.45) is 0.976. The average molecular weight is 296 g/mol. The highest BCUT2D eigenvalue weighted by Gasteiger charge is 2.03. The largest absolute Gasteiger partial charge is 0.492 e. The second-order valence-corrected chi connectivity index (χ2v) is 5.17. The monoisotopic (exact) mass is 296 g/mol. The van der Waals surface area contributed by atoms with Gasteiger partial charge in [0.25, 0.3) is 5.69 Å². The Hall–Kier alpha value is -1.66. The van der Waals surface area contributed by atoms with E-state index in [1.54, 1.807) is 12.1 Å². The maximum Gasteiger partial charge on any atom is 0.269 e. The fourth-order valence-electron chi connectivity index (χ4n) is 1.65. The van der Waals surface area contributed by atoms with Crippen molar-refractivity contribution >= 4 is 5.69 Å². The zero-order chi connectivity index (χ0) is 15.5. The van der Waals surface area contributed by atoms with Gasteiger partial charge in [0, 0.05) is 31.9 Å². The maximum absolute atomic E-state index is 10.5. The molecular weight excluding hydrogens is 272 g/mol. The van der Waals surface area contributed by atoms with Gasteiger partial charge in [-0.25, -0.2) is 0 Å². The van der Waals surface area contributed by atoms with Gasteiger partial charge in [-0.15, -0.1) is 0 Å². The van der Waals surface area contributed by atoms with E-state index < -0.39 is 4.92 Å². The molecule has 0 unspecified atom stereocenters. The molecule has 1 rings (SSSR count). The summed E-state index contributed by atoms with van der Waals surface area (Å²) in [6.45, 7) is 8.01. The summed E-state index contributed by atoms with van der Waals surface area (Å²) in [5.41, 5.74) is 0.0712. The molecular formula is C15H24N2O4. The van der Waals surface area contributed by atoms with Crippen LogP contribution in [0.2, 0.25) is 0 Å². The predicted octanol–water partition coefficient (Wildman–Crippen LogP) is 2.63. The molecule has 0 aliphatic rings. The zero-order valence-electron chi connectivity index (χ0n) is 12.7. The summed E-state index contributed by atoms with van der Waals surface area (Å²) in [4.78, 5) is 10.1. The van der Waals surface area contributed by atoms with Crippen molar-refractivity contribution in [2.24, 2.45) is 5.92 Å². The summed E-state index contributed by atoms with van der Waals surface area (Å²) < 4.78 is 11.0. The van der Waals surface area contributed by atoms with Crippen molar-refractivity contribution in [2.75, 3.05) is 32.9 Å². The van der Waals surface area contributed by atoms with Crippen LogP contribution in [-0.4, -0.2) is 37.8 Å². The van der Waals surface area contributed by atoms with Crippen molar-refractivity contribution < 1.29 is 14.4 Å². The molecule has 0 aliphatic carbocycles. The lowest BCUT2D eigenvalue weighted by Gasteiger charge is -2.08. The third kappa shape index (κ3) is 8.27. The van der Waals surface area contributed by atoms with Crippen LogP contribution in [0.4, 0.5) is 5.69 Å². The van der Waals surface area contributed by atoms with Crippen LogP contribution in [0.5, 0.6) is 5.75 Å². The molecule has 1 N–H and O–H groups in total. The van der Waals surface area contributed by atoms with Crippen LogP contribution in [0.25, 0.3) is 0 Å². The Morgan fingerprint density at radius 1 is 1.19 bits per heavy atom. The topological polar surface area (TPSA) is 73.6 Å². The molecule has 6 nitrogen and oxygen atoms in total. The second-order valence-electron chi connectivity index (χ2n) is 5.17. The van der Waals surface area contributed by atoms with Gasteiger partial charge in [0.1, 0.15) is 12.4 Å². The lowest BCUT2D eigenvalue weighted by Crippen LogP contribution is -2.23. The first-order chi connectivity index (χ1) is 10.1. The van der Waals surface area contributed by atoms with E-state index in [0.29, 0.717) is 18.3 Å². The Bertz CT molecular complexity index is 407. The highest BCUT2D eigenvalue weighted by Crippen LogP contribution is 2.16. The maximum atomic E-state index is 10.5. The minimum atomic E-state index is -0.424. The van der Waals surface area contributed by atoms with Crippen molar-refractivity contribution in [2.45, 2.75) is 20.3 Å². The fourth-order valence-corrected chi connectivity index (χ4v) is 1.65. The number of hydrogen-bond acceptors (Lipinski definition) is 5. The minimum absolute atomic E-state index is 0.0712. The normalized spacial score (nSPS) is 10.8. The van der Waals surface area contributed by atoms with Gasteiger partial charge in [-0.05, 0) is 31.0 Å². The van der Waals surface area contributed by atoms with Crippen LogP contribution >= 0.6 is 0 Å². The van der Waals surface area contributed by atoms with Gasteiger partial charge in [0.2, 0.25) is 0 Å². The second kappa shape index (κ2) is 10.1. The highest BCUT2D eigenvalue weighted by molar-refractivity contribution is 5.35. The van der Waals surface area contributed by atoms with Gasteiger partial charge in [-0.3, -0.25) is 10.1 Å². The Kier molecular flexibility index (Phi) is 8.38. The number of nitro benzene ring substituents is 1. The number of nitrogens with zero attached hydrogens (tertiary/aromatic N) is 1. The first-order valence-electron chi connectivity index (χ1n) is 7.25. The molecule has 1 aromatic rings. The molecule has 0 heterocycles. The lowest BCUT2D eigenvalue weighted by atomic mass is 10.2. The Labute approximate surface area is 125 Å². The molecule has 1 aromatic carbocycles. The van der Waals surface area contributed by atoms with Gasteiger partial charge in [-0.1, -0.05) is 13.8 Å². The van der Waals surface area contributed by atoms with E-state index in [1.165, 1.54) is 12.1 Å². The number of hydrogen-bond donors (Lipinski definition) is 1. The number of non-ortho nitro benzene ring substituents is 1. The van der Waals surface area contributed by atoms with E-state index in [1.807, 2.05) is 0 Å². The lowest BCUT2D eigenvalue weighted by molar-refractivity contribution is -0.384. The standard InChI is InChI=1S/C15H24N2O4/c1-13(2)12-20-10-3-8-16-9-11-21-15-6-4-14(5-7-15)17(18)19/h4-7,13,16H,3,8-12H2,1-2H3. The molecule has 0 fully saturated rings. The van der Waals surface area contributed by atoms with E-state index in [9.17, 15) is 10.1 Å². The molecule has 0 aromatic heterocycles. The molecule has 0 atom stereocenters. The van der Waals surface area contributed by atoms with E-state index in [2.05, 4.69) is 19.2 Å². The van der Waals surface area contributed by atoms with Crippen molar-refractivity contribution in [1.29, 1.82) is 0 Å². The first-order valence-corrected chi connectivity index (χ1v) is 7.25. The SMILES string of the molecule is CC(C)COCCCNCCOc1ccc([N+](=O)[O-])cc1. The third-order valence-corrected chi connectivity index (χ3v) is 2.69. The Morgan fingerprint density at radius 2 is 1.90 bits per heavy atom. The first kappa shape index (κ1) is 17.4. The molecule has 0 saturated carbocycles. The van der Waals surface area contributed by atoms with Crippen LogP contribution in [-0.2, 0) is 4.74 Å². The van der Waals surface area contributed by atoms with Crippen molar-refractivity contribution in [1.82, 2.24) is 5.32 Å². The van der Waals surface area contributed by atoms with E-state index in [0.717, 1.165) is 32.7 Å². The quantitative estimate of drug-likeness (QED) is 0.386. The number of benzene rings is 1. The van der Waals surface area contributed by atoms with Gasteiger partial charge >= 0.3 is 0 Å². The molecule has 118 valence electrons. The van der Waals surface area contributed by atoms with E-state index in [-0.39, 0.29) is 5.69 Å². The van der Waals surface area contributed by atoms with Crippen LogP contribution in [0, 0.1) is 16.0 Å². The van der Waals surface area contributed by atoms with Crippen molar-refractivity contribution in [3.05, 3.63) is 34.4 Å². The van der Waals surface area contributed by atoms with Crippen LogP contribution in [0.1, 0.15) is 20.3 Å². The van der Waals surface area contributed by atoms with Gasteiger partial charge in [0.15, 0.2) is 0 Å². The summed E-state index contributed by atoms with van der Waals surface area (Å²) in [5, 5.41) is 13.8. The molecule has 0 radical (unpaired) electrons. The summed E-state index contributed by atoms with van der Waals surface area (Å²) in [5.74, 6) is 1.22. The Balaban J connectivity index is 2.00. The highest BCUT2D eigenvalue weighted by atomic mass is 16.6. The molecule has 0 saturated heterocycles. The number of ether oxygens (including phenoxy) is 2. The van der Waals surface area contributed by atoms with Gasteiger partial charge in [-0.2, -0.15) is 0 Å². The van der Waals surface area contributed by atoms with E-state index >= 15 is 0 Å². The molecule has 0 spiro atoms.